The number of hydrogen-bond donors (Lipinski definition) is 1. The number of rotatable bonds is 5. The summed E-state index contributed by atoms with van der Waals surface area (Å²) in [6.07, 6.45) is 2.00. The van der Waals surface area contributed by atoms with E-state index in [-0.39, 0.29) is 12.1 Å². The SMILES string of the molecule is COCCOC1CCC(N)(C(=O)OC)C1. The lowest BCUT2D eigenvalue weighted by molar-refractivity contribution is -0.147. The second-order valence-electron chi connectivity index (χ2n) is 3.88. The number of esters is 1. The van der Waals surface area contributed by atoms with Crippen LogP contribution in [0.3, 0.4) is 0 Å². The van der Waals surface area contributed by atoms with Crippen molar-refractivity contribution in [1.82, 2.24) is 0 Å². The maximum atomic E-state index is 11.4. The second-order valence-corrected chi connectivity index (χ2v) is 3.88. The molecular formula is C10H19NO4. The zero-order chi connectivity index (χ0) is 11.3. The quantitative estimate of drug-likeness (QED) is 0.521. The van der Waals surface area contributed by atoms with Crippen molar-refractivity contribution in [2.75, 3.05) is 27.4 Å². The third-order valence-corrected chi connectivity index (χ3v) is 2.74. The van der Waals surface area contributed by atoms with E-state index in [2.05, 4.69) is 4.74 Å². The van der Waals surface area contributed by atoms with Gasteiger partial charge in [-0.05, 0) is 12.8 Å². The van der Waals surface area contributed by atoms with Crippen LogP contribution in [-0.2, 0) is 19.0 Å². The monoisotopic (exact) mass is 217 g/mol. The van der Waals surface area contributed by atoms with Gasteiger partial charge in [0.05, 0.1) is 26.4 Å². The number of carbonyl (C=O) groups excluding carboxylic acids is 1. The Morgan fingerprint density at radius 1 is 1.47 bits per heavy atom. The fourth-order valence-corrected chi connectivity index (χ4v) is 1.86. The van der Waals surface area contributed by atoms with Gasteiger partial charge in [-0.25, -0.2) is 0 Å². The fraction of sp³-hybridized carbons (Fsp3) is 0.900. The van der Waals surface area contributed by atoms with E-state index in [0.29, 0.717) is 26.1 Å². The Morgan fingerprint density at radius 2 is 2.20 bits per heavy atom. The summed E-state index contributed by atoms with van der Waals surface area (Å²) in [6, 6.07) is 0. The van der Waals surface area contributed by atoms with Crippen LogP contribution in [0.25, 0.3) is 0 Å². The molecule has 1 saturated carbocycles. The Morgan fingerprint density at radius 3 is 2.80 bits per heavy atom. The van der Waals surface area contributed by atoms with Crippen LogP contribution in [0.2, 0.25) is 0 Å². The summed E-state index contributed by atoms with van der Waals surface area (Å²) >= 11 is 0. The predicted octanol–water partition coefficient (Wildman–Crippen LogP) is 0.0724. The Hall–Kier alpha value is -0.650. The summed E-state index contributed by atoms with van der Waals surface area (Å²) in [7, 11) is 2.98. The van der Waals surface area contributed by atoms with Gasteiger partial charge < -0.3 is 19.9 Å². The largest absolute Gasteiger partial charge is 0.468 e. The van der Waals surface area contributed by atoms with Crippen molar-refractivity contribution in [3.8, 4) is 0 Å². The van der Waals surface area contributed by atoms with E-state index in [4.69, 9.17) is 15.2 Å². The summed E-state index contributed by atoms with van der Waals surface area (Å²) in [6.45, 7) is 1.10. The molecule has 2 N–H and O–H groups in total. The first kappa shape index (κ1) is 12.4. The number of methoxy groups -OCH3 is 2. The standard InChI is InChI=1S/C10H19NO4/c1-13-5-6-15-8-3-4-10(11,7-8)9(12)14-2/h8H,3-7,11H2,1-2H3. The van der Waals surface area contributed by atoms with Gasteiger partial charge in [-0.3, -0.25) is 4.79 Å². The lowest BCUT2D eigenvalue weighted by Gasteiger charge is -2.20. The van der Waals surface area contributed by atoms with Gasteiger partial charge in [-0.2, -0.15) is 0 Å². The summed E-state index contributed by atoms with van der Waals surface area (Å²) < 4.78 is 15.1. The molecule has 1 aliphatic rings. The third-order valence-electron chi connectivity index (χ3n) is 2.74. The number of carbonyl (C=O) groups is 1. The van der Waals surface area contributed by atoms with Crippen molar-refractivity contribution in [3.05, 3.63) is 0 Å². The van der Waals surface area contributed by atoms with Gasteiger partial charge in [-0.15, -0.1) is 0 Å². The van der Waals surface area contributed by atoms with Crippen molar-refractivity contribution >= 4 is 5.97 Å². The van der Waals surface area contributed by atoms with Gasteiger partial charge >= 0.3 is 5.97 Å². The highest BCUT2D eigenvalue weighted by Crippen LogP contribution is 2.30. The maximum Gasteiger partial charge on any atom is 0.325 e. The van der Waals surface area contributed by atoms with Crippen LogP contribution in [0.5, 0.6) is 0 Å². The summed E-state index contributed by atoms with van der Waals surface area (Å²) in [5, 5.41) is 0. The molecule has 5 nitrogen and oxygen atoms in total. The molecule has 0 aromatic carbocycles. The first-order valence-corrected chi connectivity index (χ1v) is 5.10. The molecule has 88 valence electrons. The first-order chi connectivity index (χ1) is 7.12. The number of nitrogens with two attached hydrogens (primary N) is 1. The number of ether oxygens (including phenoxy) is 3. The zero-order valence-corrected chi connectivity index (χ0v) is 9.32. The van der Waals surface area contributed by atoms with Gasteiger partial charge in [0, 0.05) is 13.5 Å². The molecule has 0 aliphatic heterocycles. The average molecular weight is 217 g/mol. The molecule has 5 heteroatoms. The molecule has 2 unspecified atom stereocenters. The van der Waals surface area contributed by atoms with Gasteiger partial charge in [0.1, 0.15) is 5.54 Å². The van der Waals surface area contributed by atoms with Crippen LogP contribution in [0.4, 0.5) is 0 Å². The topological polar surface area (TPSA) is 70.8 Å². The van der Waals surface area contributed by atoms with Gasteiger partial charge in [0.25, 0.3) is 0 Å². The molecule has 0 amide bonds. The number of hydrogen-bond acceptors (Lipinski definition) is 5. The van der Waals surface area contributed by atoms with Crippen molar-refractivity contribution < 1.29 is 19.0 Å². The molecule has 1 aliphatic carbocycles. The Balaban J connectivity index is 2.34. The Bertz CT molecular complexity index is 221. The molecule has 2 atom stereocenters. The molecule has 0 radical (unpaired) electrons. The van der Waals surface area contributed by atoms with Crippen molar-refractivity contribution in [2.24, 2.45) is 5.73 Å². The highest BCUT2D eigenvalue weighted by molar-refractivity contribution is 5.80. The molecule has 0 spiro atoms. The van der Waals surface area contributed by atoms with E-state index in [1.165, 1.54) is 7.11 Å². The minimum atomic E-state index is -0.855. The second kappa shape index (κ2) is 5.44. The van der Waals surface area contributed by atoms with E-state index < -0.39 is 5.54 Å². The minimum absolute atomic E-state index is 0.0456. The average Bonchev–Trinajstić information content (AvgIpc) is 2.61. The van der Waals surface area contributed by atoms with Crippen LogP contribution in [-0.4, -0.2) is 45.0 Å². The Kier molecular flexibility index (Phi) is 4.50. The molecule has 0 saturated heterocycles. The normalized spacial score (nSPS) is 30.5. The van der Waals surface area contributed by atoms with Crippen LogP contribution in [0.15, 0.2) is 0 Å². The van der Waals surface area contributed by atoms with Crippen molar-refractivity contribution in [2.45, 2.75) is 30.9 Å². The van der Waals surface area contributed by atoms with Crippen molar-refractivity contribution in [3.63, 3.8) is 0 Å². The van der Waals surface area contributed by atoms with Crippen LogP contribution >= 0.6 is 0 Å². The van der Waals surface area contributed by atoms with Crippen LogP contribution in [0.1, 0.15) is 19.3 Å². The van der Waals surface area contributed by atoms with E-state index in [1.807, 2.05) is 0 Å². The van der Waals surface area contributed by atoms with Gasteiger partial charge in [-0.1, -0.05) is 0 Å². The summed E-state index contributed by atoms with van der Waals surface area (Å²) in [4.78, 5) is 11.4. The predicted molar refractivity (Wildman–Crippen MR) is 54.4 cm³/mol. The van der Waals surface area contributed by atoms with Crippen LogP contribution < -0.4 is 5.73 Å². The summed E-state index contributed by atoms with van der Waals surface area (Å²) in [5.41, 5.74) is 5.07. The van der Waals surface area contributed by atoms with E-state index in [1.54, 1.807) is 7.11 Å². The van der Waals surface area contributed by atoms with E-state index in [0.717, 1.165) is 6.42 Å². The highest BCUT2D eigenvalue weighted by Gasteiger charge is 2.43. The zero-order valence-electron chi connectivity index (χ0n) is 9.32. The third kappa shape index (κ3) is 3.15. The van der Waals surface area contributed by atoms with Gasteiger partial charge in [0.15, 0.2) is 0 Å². The highest BCUT2D eigenvalue weighted by atomic mass is 16.5. The summed E-state index contributed by atoms with van der Waals surface area (Å²) in [5.74, 6) is -0.347. The maximum absolute atomic E-state index is 11.4. The molecular weight excluding hydrogens is 198 g/mol. The van der Waals surface area contributed by atoms with E-state index in [9.17, 15) is 4.79 Å². The molecule has 0 bridgehead atoms. The van der Waals surface area contributed by atoms with Gasteiger partial charge in [0.2, 0.25) is 0 Å². The minimum Gasteiger partial charge on any atom is -0.468 e. The Labute approximate surface area is 89.9 Å². The fourth-order valence-electron chi connectivity index (χ4n) is 1.86. The molecule has 0 aromatic heterocycles. The first-order valence-electron chi connectivity index (χ1n) is 5.10. The molecule has 0 aromatic rings. The molecule has 1 fully saturated rings. The molecule has 1 rings (SSSR count). The van der Waals surface area contributed by atoms with Crippen molar-refractivity contribution in [1.29, 1.82) is 0 Å². The van der Waals surface area contributed by atoms with E-state index >= 15 is 0 Å². The lowest BCUT2D eigenvalue weighted by atomic mass is 10.00. The van der Waals surface area contributed by atoms with Crippen LogP contribution in [0, 0.1) is 0 Å². The molecule has 0 heterocycles. The lowest BCUT2D eigenvalue weighted by Crippen LogP contribution is -2.46. The molecule has 15 heavy (non-hydrogen) atoms. The smallest absolute Gasteiger partial charge is 0.325 e.